The number of carbonyl (C=O) groups is 1. The highest BCUT2D eigenvalue weighted by molar-refractivity contribution is 9.10. The third-order valence-corrected chi connectivity index (χ3v) is 4.70. The fraction of sp³-hybridized carbons (Fsp3) is 0.533. The Morgan fingerprint density at radius 1 is 1.29 bits per heavy atom. The molecule has 1 aromatic carbocycles. The van der Waals surface area contributed by atoms with E-state index in [2.05, 4.69) is 21.2 Å². The molecule has 0 unspecified atom stereocenters. The van der Waals surface area contributed by atoms with Crippen molar-refractivity contribution < 1.29 is 18.7 Å². The molecule has 3 rings (SSSR count). The van der Waals surface area contributed by atoms with Gasteiger partial charge in [0, 0.05) is 18.9 Å². The quantitative estimate of drug-likeness (QED) is 0.884. The first-order valence-electron chi connectivity index (χ1n) is 7.12. The fourth-order valence-electron chi connectivity index (χ4n) is 2.93. The maximum Gasteiger partial charge on any atom is 0.254 e. The molecule has 0 radical (unpaired) electrons. The molecular formula is C15H17BrFNO3. The topological polar surface area (TPSA) is 47.6 Å². The Hall–Kier alpha value is -0.980. The summed E-state index contributed by atoms with van der Waals surface area (Å²) in [5.74, 6) is -1.34. The van der Waals surface area contributed by atoms with Crippen molar-refractivity contribution in [3.05, 3.63) is 34.1 Å². The SMILES string of the molecule is O=C(NC1CCC2(CC1)OCCO2)c1cccc(Br)c1F. The lowest BCUT2D eigenvalue weighted by molar-refractivity contribution is -0.179. The van der Waals surface area contributed by atoms with Crippen LogP contribution in [0.4, 0.5) is 4.39 Å². The molecule has 0 aromatic heterocycles. The molecule has 1 saturated carbocycles. The number of carbonyl (C=O) groups excluding carboxylic acids is 1. The summed E-state index contributed by atoms with van der Waals surface area (Å²) in [5, 5.41) is 2.90. The molecule has 1 amide bonds. The van der Waals surface area contributed by atoms with Crippen molar-refractivity contribution in [2.45, 2.75) is 37.5 Å². The van der Waals surface area contributed by atoms with E-state index in [0.717, 1.165) is 25.7 Å². The van der Waals surface area contributed by atoms with Gasteiger partial charge in [-0.15, -0.1) is 0 Å². The van der Waals surface area contributed by atoms with E-state index < -0.39 is 11.6 Å². The molecule has 114 valence electrons. The molecule has 4 nitrogen and oxygen atoms in total. The van der Waals surface area contributed by atoms with Crippen molar-refractivity contribution in [1.29, 1.82) is 0 Å². The first-order chi connectivity index (χ1) is 10.1. The van der Waals surface area contributed by atoms with Crippen LogP contribution in [0, 0.1) is 5.82 Å². The molecule has 0 bridgehead atoms. The molecule has 6 heteroatoms. The molecule has 1 aliphatic heterocycles. The van der Waals surface area contributed by atoms with Gasteiger partial charge < -0.3 is 14.8 Å². The van der Waals surface area contributed by atoms with Gasteiger partial charge in [0.25, 0.3) is 5.91 Å². The van der Waals surface area contributed by atoms with E-state index in [1.54, 1.807) is 12.1 Å². The zero-order valence-corrected chi connectivity index (χ0v) is 13.1. The lowest BCUT2D eigenvalue weighted by atomic mass is 9.90. The minimum absolute atomic E-state index is 0.0364. The monoisotopic (exact) mass is 357 g/mol. The third kappa shape index (κ3) is 3.12. The van der Waals surface area contributed by atoms with Gasteiger partial charge in [0.2, 0.25) is 0 Å². The number of hydrogen-bond donors (Lipinski definition) is 1. The molecule has 0 atom stereocenters. The summed E-state index contributed by atoms with van der Waals surface area (Å²) in [6.45, 7) is 1.28. The Morgan fingerprint density at radius 3 is 2.62 bits per heavy atom. The first kappa shape index (κ1) is 14.9. The summed E-state index contributed by atoms with van der Waals surface area (Å²) in [4.78, 5) is 12.2. The van der Waals surface area contributed by atoms with Crippen LogP contribution >= 0.6 is 15.9 Å². The minimum atomic E-state index is -0.523. The number of nitrogens with one attached hydrogen (secondary N) is 1. The number of ether oxygens (including phenoxy) is 2. The van der Waals surface area contributed by atoms with E-state index in [0.29, 0.717) is 17.7 Å². The van der Waals surface area contributed by atoms with Gasteiger partial charge in [0.05, 0.1) is 23.2 Å². The zero-order chi connectivity index (χ0) is 14.9. The van der Waals surface area contributed by atoms with E-state index in [1.165, 1.54) is 6.07 Å². The summed E-state index contributed by atoms with van der Waals surface area (Å²) < 4.78 is 25.5. The third-order valence-electron chi connectivity index (χ3n) is 4.09. The van der Waals surface area contributed by atoms with E-state index in [4.69, 9.17) is 9.47 Å². The second-order valence-corrected chi connectivity index (χ2v) is 6.31. The van der Waals surface area contributed by atoms with Gasteiger partial charge in [-0.25, -0.2) is 4.39 Å². The van der Waals surface area contributed by atoms with Crippen LogP contribution < -0.4 is 5.32 Å². The molecule has 1 spiro atoms. The van der Waals surface area contributed by atoms with Crippen LogP contribution in [0.2, 0.25) is 0 Å². The van der Waals surface area contributed by atoms with Gasteiger partial charge in [0.15, 0.2) is 5.79 Å². The summed E-state index contributed by atoms with van der Waals surface area (Å²) in [6, 6.07) is 4.75. The maximum absolute atomic E-state index is 13.9. The Labute approximate surface area is 131 Å². The second-order valence-electron chi connectivity index (χ2n) is 5.46. The highest BCUT2D eigenvalue weighted by Crippen LogP contribution is 2.35. The van der Waals surface area contributed by atoms with Crippen molar-refractivity contribution in [3.8, 4) is 0 Å². The molecule has 1 aliphatic carbocycles. The number of hydrogen-bond acceptors (Lipinski definition) is 3. The highest BCUT2D eigenvalue weighted by Gasteiger charge is 2.40. The van der Waals surface area contributed by atoms with Gasteiger partial charge in [-0.3, -0.25) is 4.79 Å². The Kier molecular flexibility index (Phi) is 4.28. The summed E-state index contributed by atoms with van der Waals surface area (Å²) in [7, 11) is 0. The Morgan fingerprint density at radius 2 is 1.95 bits per heavy atom. The lowest BCUT2D eigenvalue weighted by Gasteiger charge is -2.35. The van der Waals surface area contributed by atoms with Crippen molar-refractivity contribution >= 4 is 21.8 Å². The van der Waals surface area contributed by atoms with Gasteiger partial charge in [0.1, 0.15) is 5.82 Å². The number of halogens is 2. The maximum atomic E-state index is 13.9. The number of amides is 1. The van der Waals surface area contributed by atoms with Crippen LogP contribution in [0.5, 0.6) is 0 Å². The van der Waals surface area contributed by atoms with Crippen molar-refractivity contribution in [1.82, 2.24) is 5.32 Å². The second kappa shape index (κ2) is 6.02. The zero-order valence-electron chi connectivity index (χ0n) is 11.5. The largest absolute Gasteiger partial charge is 0.349 e. The van der Waals surface area contributed by atoms with Gasteiger partial charge in [-0.2, -0.15) is 0 Å². The lowest BCUT2D eigenvalue weighted by Crippen LogP contribution is -2.44. The van der Waals surface area contributed by atoms with E-state index in [1.807, 2.05) is 0 Å². The van der Waals surface area contributed by atoms with Gasteiger partial charge >= 0.3 is 0 Å². The summed E-state index contributed by atoms with van der Waals surface area (Å²) in [6.07, 6.45) is 3.08. The molecule has 2 fully saturated rings. The smallest absolute Gasteiger partial charge is 0.254 e. The van der Waals surface area contributed by atoms with E-state index in [-0.39, 0.29) is 17.5 Å². The number of rotatable bonds is 2. The Balaban J connectivity index is 1.60. The molecule has 1 heterocycles. The van der Waals surface area contributed by atoms with Crippen LogP contribution in [-0.4, -0.2) is 30.9 Å². The first-order valence-corrected chi connectivity index (χ1v) is 7.92. The van der Waals surface area contributed by atoms with E-state index >= 15 is 0 Å². The predicted molar refractivity (Wildman–Crippen MR) is 78.5 cm³/mol. The average Bonchev–Trinajstić information content (AvgIpc) is 2.93. The van der Waals surface area contributed by atoms with Gasteiger partial charge in [-0.1, -0.05) is 6.07 Å². The fourth-order valence-corrected chi connectivity index (χ4v) is 3.30. The molecular weight excluding hydrogens is 341 g/mol. The van der Waals surface area contributed by atoms with E-state index in [9.17, 15) is 9.18 Å². The van der Waals surface area contributed by atoms with Crippen LogP contribution in [0.25, 0.3) is 0 Å². The van der Waals surface area contributed by atoms with Crippen molar-refractivity contribution in [3.63, 3.8) is 0 Å². The number of benzene rings is 1. The van der Waals surface area contributed by atoms with Crippen LogP contribution in [-0.2, 0) is 9.47 Å². The summed E-state index contributed by atoms with van der Waals surface area (Å²) >= 11 is 3.09. The molecule has 1 aromatic rings. The molecule has 1 saturated heterocycles. The standard InChI is InChI=1S/C15H17BrFNO3/c16-12-3-1-2-11(13(12)17)14(19)18-10-4-6-15(7-5-10)20-8-9-21-15/h1-3,10H,4-9H2,(H,18,19). The normalized spacial score (nSPS) is 21.6. The Bertz CT molecular complexity index is 536. The highest BCUT2D eigenvalue weighted by atomic mass is 79.9. The van der Waals surface area contributed by atoms with Crippen LogP contribution in [0.15, 0.2) is 22.7 Å². The molecule has 1 N–H and O–H groups in total. The van der Waals surface area contributed by atoms with Crippen molar-refractivity contribution in [2.24, 2.45) is 0 Å². The van der Waals surface area contributed by atoms with Crippen molar-refractivity contribution in [2.75, 3.05) is 13.2 Å². The van der Waals surface area contributed by atoms with Crippen LogP contribution in [0.3, 0.4) is 0 Å². The molecule has 21 heavy (non-hydrogen) atoms. The predicted octanol–water partition coefficient (Wildman–Crippen LogP) is 3.00. The van der Waals surface area contributed by atoms with Crippen LogP contribution in [0.1, 0.15) is 36.0 Å². The van der Waals surface area contributed by atoms with Gasteiger partial charge in [-0.05, 0) is 40.9 Å². The minimum Gasteiger partial charge on any atom is -0.349 e. The average molecular weight is 358 g/mol. The molecule has 2 aliphatic rings. The summed E-state index contributed by atoms with van der Waals surface area (Å²) in [5.41, 5.74) is 0.0676.